The number of amides is 2. The number of ether oxygens (including phenoxy) is 3. The predicted octanol–water partition coefficient (Wildman–Crippen LogP) is 8.03. The van der Waals surface area contributed by atoms with Gasteiger partial charge in [-0.2, -0.15) is 5.10 Å². The number of carbonyl (C=O) groups is 2. The Balaban J connectivity index is 1.44. The van der Waals surface area contributed by atoms with Gasteiger partial charge in [0.2, 0.25) is 0 Å². The van der Waals surface area contributed by atoms with Gasteiger partial charge in [-0.15, -0.1) is 0 Å². The molecule has 0 heterocycles. The summed E-state index contributed by atoms with van der Waals surface area (Å²) in [5, 5.41) is 8.27. The van der Waals surface area contributed by atoms with Crippen LogP contribution in [0.15, 0.2) is 94.5 Å². The van der Waals surface area contributed by atoms with Crippen molar-refractivity contribution in [2.75, 3.05) is 6.61 Å². The first-order valence-electron chi connectivity index (χ1n) is 14.3. The lowest BCUT2D eigenvalue weighted by molar-refractivity contribution is -0.132. The summed E-state index contributed by atoms with van der Waals surface area (Å²) in [4.78, 5) is 26.4. The van der Waals surface area contributed by atoms with Crippen LogP contribution in [-0.2, 0) is 22.6 Å². The van der Waals surface area contributed by atoms with Crippen molar-refractivity contribution >= 4 is 68.8 Å². The van der Waals surface area contributed by atoms with Gasteiger partial charge in [-0.3, -0.25) is 9.59 Å². The van der Waals surface area contributed by atoms with Crippen molar-refractivity contribution in [3.63, 3.8) is 0 Å². The van der Waals surface area contributed by atoms with Gasteiger partial charge in [0.25, 0.3) is 11.8 Å². The Morgan fingerprint density at radius 2 is 1.59 bits per heavy atom. The molecule has 0 aliphatic rings. The van der Waals surface area contributed by atoms with E-state index in [2.05, 4.69) is 31.8 Å². The fourth-order valence-electron chi connectivity index (χ4n) is 4.21. The zero-order valence-corrected chi connectivity index (χ0v) is 28.8. The largest absolute Gasteiger partial charge is 0.490 e. The number of carbonyl (C=O) groups excluding carboxylic acids is 2. The van der Waals surface area contributed by atoms with E-state index in [9.17, 15) is 9.59 Å². The normalized spacial score (nSPS) is 12.3. The lowest BCUT2D eigenvalue weighted by Gasteiger charge is -2.21. The summed E-state index contributed by atoms with van der Waals surface area (Å²) in [6.07, 6.45) is 0.745. The number of hydrazone groups is 1. The summed E-state index contributed by atoms with van der Waals surface area (Å²) in [6.45, 7) is 4.15. The SMILES string of the molecule is CCOc1cc(/C=N\NC(=O)[C@@H](Cc2ccccc2)NC(=O)[C@H](C)Oc2ccc(Cl)cc2Cl)cc(Br)c1OCc1ccc(Cl)cc1. The van der Waals surface area contributed by atoms with Crippen LogP contribution in [-0.4, -0.2) is 36.8 Å². The molecule has 0 saturated heterocycles. The van der Waals surface area contributed by atoms with E-state index in [-0.39, 0.29) is 11.4 Å². The number of halogens is 4. The van der Waals surface area contributed by atoms with Crippen LogP contribution >= 0.6 is 50.7 Å². The van der Waals surface area contributed by atoms with E-state index in [1.165, 1.54) is 12.3 Å². The van der Waals surface area contributed by atoms with Crippen molar-refractivity contribution in [1.29, 1.82) is 0 Å². The third-order valence-corrected chi connectivity index (χ3v) is 7.87. The molecule has 0 unspecified atom stereocenters. The molecule has 4 aromatic rings. The molecule has 46 heavy (non-hydrogen) atoms. The van der Waals surface area contributed by atoms with Crippen molar-refractivity contribution < 1.29 is 23.8 Å². The molecule has 2 N–H and O–H groups in total. The second-order valence-corrected chi connectivity index (χ2v) is 12.1. The smallest absolute Gasteiger partial charge is 0.262 e. The molecule has 0 bridgehead atoms. The van der Waals surface area contributed by atoms with Crippen LogP contribution in [0.4, 0.5) is 0 Å². The molecule has 0 saturated carbocycles. The van der Waals surface area contributed by atoms with Crippen molar-refractivity contribution in [3.05, 3.63) is 121 Å². The van der Waals surface area contributed by atoms with Crippen LogP contribution in [0.1, 0.15) is 30.5 Å². The van der Waals surface area contributed by atoms with Crippen LogP contribution in [0.3, 0.4) is 0 Å². The van der Waals surface area contributed by atoms with E-state index in [0.29, 0.717) is 50.5 Å². The molecule has 8 nitrogen and oxygen atoms in total. The minimum absolute atomic E-state index is 0.224. The first-order valence-corrected chi connectivity index (χ1v) is 16.2. The van der Waals surface area contributed by atoms with Crippen molar-refractivity contribution in [2.45, 2.75) is 39.0 Å². The van der Waals surface area contributed by atoms with Gasteiger partial charge in [-0.05, 0) is 88.9 Å². The second-order valence-electron chi connectivity index (χ2n) is 10.00. The van der Waals surface area contributed by atoms with Gasteiger partial charge in [0.1, 0.15) is 18.4 Å². The number of hydrogen-bond donors (Lipinski definition) is 2. The molecular formula is C34H31BrCl3N3O5. The highest BCUT2D eigenvalue weighted by molar-refractivity contribution is 9.10. The number of nitrogens with one attached hydrogen (secondary N) is 2. The van der Waals surface area contributed by atoms with Crippen LogP contribution in [0, 0.1) is 0 Å². The van der Waals surface area contributed by atoms with Crippen molar-refractivity contribution in [1.82, 2.24) is 10.7 Å². The highest BCUT2D eigenvalue weighted by Gasteiger charge is 2.25. The minimum Gasteiger partial charge on any atom is -0.490 e. The Hall–Kier alpha value is -3.76. The van der Waals surface area contributed by atoms with E-state index in [1.807, 2.05) is 49.4 Å². The molecule has 0 radical (unpaired) electrons. The zero-order chi connectivity index (χ0) is 33.1. The average molecular weight is 748 g/mol. The lowest BCUT2D eigenvalue weighted by atomic mass is 10.1. The molecular weight excluding hydrogens is 717 g/mol. The van der Waals surface area contributed by atoms with Gasteiger partial charge in [0, 0.05) is 16.5 Å². The Bertz CT molecular complexity index is 1670. The number of benzene rings is 4. The van der Waals surface area contributed by atoms with Crippen LogP contribution in [0.2, 0.25) is 15.1 Å². The van der Waals surface area contributed by atoms with E-state index < -0.39 is 24.0 Å². The summed E-state index contributed by atoms with van der Waals surface area (Å²) in [5.41, 5.74) is 4.97. The standard InChI is InChI=1S/C34H31BrCl3N3O5/c1-3-44-31-17-24(15-27(35)32(31)45-20-23-9-11-25(36)12-10-23)19-39-41-34(43)29(16-22-7-5-4-6-8-22)40-33(42)21(2)46-30-14-13-26(37)18-28(30)38/h4-15,17-19,21,29H,3,16,20H2,1-2H3,(H,40,42)(H,41,43)/b39-19-/t21-,29+/m0/s1. The van der Waals surface area contributed by atoms with Gasteiger partial charge >= 0.3 is 0 Å². The summed E-state index contributed by atoms with van der Waals surface area (Å²) < 4.78 is 18.2. The average Bonchev–Trinajstić information content (AvgIpc) is 3.03. The molecule has 4 rings (SSSR count). The number of rotatable bonds is 14. The molecule has 2 atom stereocenters. The van der Waals surface area contributed by atoms with Gasteiger partial charge in [-0.25, -0.2) is 5.43 Å². The van der Waals surface area contributed by atoms with E-state index in [1.54, 1.807) is 43.3 Å². The minimum atomic E-state index is -0.956. The zero-order valence-electron chi connectivity index (χ0n) is 24.9. The molecule has 0 spiro atoms. The highest BCUT2D eigenvalue weighted by atomic mass is 79.9. The second kappa shape index (κ2) is 17.2. The van der Waals surface area contributed by atoms with Crippen LogP contribution in [0.25, 0.3) is 0 Å². The quantitative estimate of drug-likeness (QED) is 0.101. The maximum Gasteiger partial charge on any atom is 0.262 e. The molecule has 4 aromatic carbocycles. The fourth-order valence-corrected chi connectivity index (χ4v) is 5.37. The molecule has 2 amide bonds. The predicted molar refractivity (Wildman–Crippen MR) is 185 cm³/mol. The van der Waals surface area contributed by atoms with Gasteiger partial charge in [0.15, 0.2) is 17.6 Å². The molecule has 0 aromatic heterocycles. The first kappa shape index (κ1) is 35.1. The van der Waals surface area contributed by atoms with Gasteiger partial charge < -0.3 is 19.5 Å². The van der Waals surface area contributed by atoms with E-state index in [4.69, 9.17) is 49.0 Å². The maximum atomic E-state index is 13.3. The van der Waals surface area contributed by atoms with Crippen LogP contribution < -0.4 is 25.0 Å². The summed E-state index contributed by atoms with van der Waals surface area (Å²) >= 11 is 21.7. The third-order valence-electron chi connectivity index (χ3n) is 6.50. The maximum absolute atomic E-state index is 13.3. The topological polar surface area (TPSA) is 98.2 Å². The van der Waals surface area contributed by atoms with Gasteiger partial charge in [-0.1, -0.05) is 77.3 Å². The molecule has 12 heteroatoms. The molecule has 0 aliphatic heterocycles. The highest BCUT2D eigenvalue weighted by Crippen LogP contribution is 2.37. The van der Waals surface area contributed by atoms with Gasteiger partial charge in [0.05, 0.1) is 22.3 Å². The molecule has 240 valence electrons. The number of hydrogen-bond acceptors (Lipinski definition) is 6. The van der Waals surface area contributed by atoms with Crippen molar-refractivity contribution in [3.8, 4) is 17.2 Å². The third kappa shape index (κ3) is 10.4. The summed E-state index contributed by atoms with van der Waals surface area (Å²) in [5.74, 6) is 0.298. The lowest BCUT2D eigenvalue weighted by Crippen LogP contribution is -2.50. The summed E-state index contributed by atoms with van der Waals surface area (Å²) in [6, 6.07) is 24.0. The Labute approximate surface area is 291 Å². The molecule has 0 aliphatic carbocycles. The Morgan fingerprint density at radius 1 is 0.870 bits per heavy atom. The molecule has 0 fully saturated rings. The van der Waals surface area contributed by atoms with E-state index >= 15 is 0 Å². The summed E-state index contributed by atoms with van der Waals surface area (Å²) in [7, 11) is 0. The fraction of sp³-hybridized carbons (Fsp3) is 0.206. The van der Waals surface area contributed by atoms with Crippen LogP contribution in [0.5, 0.6) is 17.2 Å². The van der Waals surface area contributed by atoms with E-state index in [0.717, 1.165) is 11.1 Å². The Morgan fingerprint density at radius 3 is 2.28 bits per heavy atom. The first-order chi connectivity index (χ1) is 22.1. The number of nitrogens with zero attached hydrogens (tertiary/aromatic N) is 1. The Kier molecular flexibility index (Phi) is 13.2. The monoisotopic (exact) mass is 745 g/mol. The van der Waals surface area contributed by atoms with Crippen molar-refractivity contribution in [2.24, 2.45) is 5.10 Å².